The van der Waals surface area contributed by atoms with E-state index in [9.17, 15) is 9.90 Å². The smallest absolute Gasteiger partial charge is 0.271 e. The Hall–Kier alpha value is -2.18. The average Bonchev–Trinajstić information content (AvgIpc) is 3.11. The number of likely N-dealkylation sites (tertiary alicyclic amines) is 1. The molecule has 150 valence electrons. The van der Waals surface area contributed by atoms with Gasteiger partial charge in [-0.3, -0.25) is 9.48 Å². The van der Waals surface area contributed by atoms with E-state index in [2.05, 4.69) is 22.3 Å². The molecule has 4 rings (SSSR count). The van der Waals surface area contributed by atoms with Gasteiger partial charge in [0, 0.05) is 31.0 Å². The van der Waals surface area contributed by atoms with E-state index in [1.54, 1.807) is 7.05 Å². The number of hydrogen-bond donors (Lipinski definition) is 2. The second kappa shape index (κ2) is 8.45. The van der Waals surface area contributed by atoms with Gasteiger partial charge >= 0.3 is 0 Å². The number of hydrogen-bond acceptors (Lipinski definition) is 4. The van der Waals surface area contributed by atoms with Gasteiger partial charge in [-0.1, -0.05) is 30.3 Å². The summed E-state index contributed by atoms with van der Waals surface area (Å²) in [4.78, 5) is 15.0. The summed E-state index contributed by atoms with van der Waals surface area (Å²) in [6.07, 6.45) is 5.07. The Morgan fingerprint density at radius 3 is 2.64 bits per heavy atom. The van der Waals surface area contributed by atoms with Gasteiger partial charge in [-0.2, -0.15) is 5.10 Å². The van der Waals surface area contributed by atoms with Gasteiger partial charge in [0.05, 0.1) is 6.54 Å². The number of carbonyl (C=O) groups is 1. The Kier molecular flexibility index (Phi) is 5.78. The van der Waals surface area contributed by atoms with Crippen molar-refractivity contribution >= 4 is 5.91 Å². The maximum absolute atomic E-state index is 12.5. The minimum absolute atomic E-state index is 0.0947. The van der Waals surface area contributed by atoms with Crippen molar-refractivity contribution in [2.75, 3.05) is 26.7 Å². The van der Waals surface area contributed by atoms with E-state index in [1.807, 2.05) is 22.9 Å². The van der Waals surface area contributed by atoms with Crippen molar-refractivity contribution in [3.63, 3.8) is 0 Å². The zero-order valence-corrected chi connectivity index (χ0v) is 16.6. The van der Waals surface area contributed by atoms with Gasteiger partial charge < -0.3 is 15.3 Å². The third-order valence-corrected chi connectivity index (χ3v) is 6.36. The SMILES string of the molecule is CNC(=O)c1nn(Cc2ccccc2)c2c1CC(N1CCC(CO)CC1)CC2. The average molecular weight is 383 g/mol. The van der Waals surface area contributed by atoms with Crippen LogP contribution in [0.4, 0.5) is 0 Å². The van der Waals surface area contributed by atoms with Gasteiger partial charge in [0.2, 0.25) is 0 Å². The number of aliphatic hydroxyl groups excluding tert-OH is 1. The van der Waals surface area contributed by atoms with Crippen LogP contribution in [0.5, 0.6) is 0 Å². The van der Waals surface area contributed by atoms with Crippen LogP contribution in [0.3, 0.4) is 0 Å². The number of aliphatic hydroxyl groups is 1. The number of nitrogens with zero attached hydrogens (tertiary/aromatic N) is 3. The summed E-state index contributed by atoms with van der Waals surface area (Å²) >= 11 is 0. The zero-order valence-electron chi connectivity index (χ0n) is 16.6. The number of carbonyl (C=O) groups excluding carboxylic acids is 1. The molecule has 1 fully saturated rings. The normalized spacial score (nSPS) is 20.7. The molecule has 2 N–H and O–H groups in total. The van der Waals surface area contributed by atoms with Crippen LogP contribution in [0, 0.1) is 5.92 Å². The Balaban J connectivity index is 1.56. The summed E-state index contributed by atoms with van der Waals surface area (Å²) < 4.78 is 2.03. The van der Waals surface area contributed by atoms with E-state index in [0.717, 1.165) is 50.8 Å². The van der Waals surface area contributed by atoms with E-state index in [-0.39, 0.29) is 5.91 Å². The predicted octanol–water partition coefficient (Wildman–Crippen LogP) is 1.85. The molecule has 28 heavy (non-hydrogen) atoms. The summed E-state index contributed by atoms with van der Waals surface area (Å²) in [5.74, 6) is 0.355. The Morgan fingerprint density at radius 2 is 1.96 bits per heavy atom. The first kappa shape index (κ1) is 19.2. The fraction of sp³-hybridized carbons (Fsp3) is 0.545. The molecule has 2 heterocycles. The lowest BCUT2D eigenvalue weighted by molar-refractivity contribution is 0.0921. The molecule has 1 saturated heterocycles. The van der Waals surface area contributed by atoms with Crippen molar-refractivity contribution in [1.82, 2.24) is 20.0 Å². The zero-order chi connectivity index (χ0) is 19.5. The van der Waals surface area contributed by atoms with Crippen LogP contribution in [0.25, 0.3) is 0 Å². The highest BCUT2D eigenvalue weighted by molar-refractivity contribution is 5.93. The Labute approximate surface area is 166 Å². The fourth-order valence-electron chi connectivity index (χ4n) is 4.67. The van der Waals surface area contributed by atoms with Gasteiger partial charge in [-0.25, -0.2) is 0 Å². The molecule has 6 heteroatoms. The maximum Gasteiger partial charge on any atom is 0.271 e. The molecule has 0 radical (unpaired) electrons. The van der Waals surface area contributed by atoms with Crippen LogP contribution >= 0.6 is 0 Å². The number of piperidine rings is 1. The minimum atomic E-state index is -0.0947. The highest BCUT2D eigenvalue weighted by Crippen LogP contribution is 2.30. The van der Waals surface area contributed by atoms with Crippen molar-refractivity contribution < 1.29 is 9.90 Å². The van der Waals surface area contributed by atoms with Gasteiger partial charge in [0.1, 0.15) is 0 Å². The van der Waals surface area contributed by atoms with Gasteiger partial charge in [0.15, 0.2) is 5.69 Å². The molecule has 0 saturated carbocycles. The molecule has 1 atom stereocenters. The lowest BCUT2D eigenvalue weighted by atomic mass is 9.88. The molecule has 1 aromatic heterocycles. The molecule has 1 amide bonds. The summed E-state index contributed by atoms with van der Waals surface area (Å²) in [5.41, 5.74) is 4.12. The molecular weight excluding hydrogens is 352 g/mol. The van der Waals surface area contributed by atoms with Crippen LogP contribution in [0.15, 0.2) is 30.3 Å². The van der Waals surface area contributed by atoms with Crippen molar-refractivity contribution in [3.8, 4) is 0 Å². The van der Waals surface area contributed by atoms with Gasteiger partial charge in [-0.15, -0.1) is 0 Å². The molecule has 2 aromatic rings. The van der Waals surface area contributed by atoms with Crippen molar-refractivity contribution in [2.45, 2.75) is 44.7 Å². The summed E-state index contributed by atoms with van der Waals surface area (Å²) in [7, 11) is 1.67. The monoisotopic (exact) mass is 382 g/mol. The summed E-state index contributed by atoms with van der Waals surface area (Å²) in [6, 6.07) is 10.8. The van der Waals surface area contributed by atoms with Crippen LogP contribution in [0.1, 0.15) is 46.6 Å². The first-order valence-corrected chi connectivity index (χ1v) is 10.4. The number of rotatable bonds is 5. The summed E-state index contributed by atoms with van der Waals surface area (Å²) in [6.45, 7) is 3.08. The molecule has 1 aliphatic heterocycles. The van der Waals surface area contributed by atoms with Gasteiger partial charge in [0.25, 0.3) is 5.91 Å². The number of benzene rings is 1. The molecule has 2 aliphatic rings. The quantitative estimate of drug-likeness (QED) is 0.828. The molecule has 1 aromatic carbocycles. The Bertz CT molecular complexity index is 809. The number of aromatic nitrogens is 2. The lowest BCUT2D eigenvalue weighted by Gasteiger charge is -2.39. The number of amides is 1. The molecular formula is C22H30N4O2. The largest absolute Gasteiger partial charge is 0.396 e. The van der Waals surface area contributed by atoms with Crippen molar-refractivity contribution in [1.29, 1.82) is 0 Å². The Morgan fingerprint density at radius 1 is 1.21 bits per heavy atom. The van der Waals surface area contributed by atoms with Crippen molar-refractivity contribution in [3.05, 3.63) is 52.8 Å². The van der Waals surface area contributed by atoms with E-state index >= 15 is 0 Å². The van der Waals surface area contributed by atoms with Gasteiger partial charge in [-0.05, 0) is 56.7 Å². The third-order valence-electron chi connectivity index (χ3n) is 6.36. The van der Waals surface area contributed by atoms with E-state index < -0.39 is 0 Å². The second-order valence-corrected chi connectivity index (χ2v) is 8.05. The topological polar surface area (TPSA) is 70.4 Å². The van der Waals surface area contributed by atoms with Crippen molar-refractivity contribution in [2.24, 2.45) is 5.92 Å². The van der Waals surface area contributed by atoms with Crippen LogP contribution in [-0.2, 0) is 19.4 Å². The third kappa shape index (κ3) is 3.84. The molecule has 0 spiro atoms. The molecule has 1 aliphatic carbocycles. The standard InChI is InChI=1S/C22H30N4O2/c1-23-22(28)21-19-13-18(25-11-9-17(15-27)10-12-25)7-8-20(19)26(24-21)14-16-5-3-2-4-6-16/h2-6,17-18,27H,7-15H2,1H3,(H,23,28). The predicted molar refractivity (Wildman–Crippen MR) is 108 cm³/mol. The highest BCUT2D eigenvalue weighted by atomic mass is 16.3. The maximum atomic E-state index is 12.5. The highest BCUT2D eigenvalue weighted by Gasteiger charge is 2.33. The first-order valence-electron chi connectivity index (χ1n) is 10.4. The summed E-state index contributed by atoms with van der Waals surface area (Å²) in [5, 5.41) is 16.9. The first-order chi connectivity index (χ1) is 13.7. The van der Waals surface area contributed by atoms with Crippen LogP contribution < -0.4 is 5.32 Å². The lowest BCUT2D eigenvalue weighted by Crippen LogP contribution is -2.44. The van der Waals surface area contributed by atoms with Crippen LogP contribution in [0.2, 0.25) is 0 Å². The van der Waals surface area contributed by atoms with E-state index in [0.29, 0.717) is 30.8 Å². The van der Waals surface area contributed by atoms with E-state index in [4.69, 9.17) is 5.10 Å². The minimum Gasteiger partial charge on any atom is -0.396 e. The van der Waals surface area contributed by atoms with E-state index in [1.165, 1.54) is 11.3 Å². The van der Waals surface area contributed by atoms with Crippen LogP contribution in [-0.4, -0.2) is 58.5 Å². The molecule has 6 nitrogen and oxygen atoms in total. The second-order valence-electron chi connectivity index (χ2n) is 8.05. The molecule has 1 unspecified atom stereocenters. The number of nitrogens with one attached hydrogen (secondary N) is 1. The fourth-order valence-corrected chi connectivity index (χ4v) is 4.67. The molecule has 0 bridgehead atoms. The number of fused-ring (bicyclic) bond motifs is 1.